The number of guanidine groups is 1. The van der Waals surface area contributed by atoms with Crippen molar-refractivity contribution in [2.75, 3.05) is 45.9 Å². The topological polar surface area (TPSA) is 87.8 Å². The fraction of sp³-hybridized carbons (Fsp3) is 0.500. The van der Waals surface area contributed by atoms with Gasteiger partial charge in [-0.25, -0.2) is 4.99 Å². The third kappa shape index (κ3) is 7.19. The normalized spacial score (nSPS) is 15.1. The van der Waals surface area contributed by atoms with Gasteiger partial charge in [0, 0.05) is 43.3 Å². The van der Waals surface area contributed by atoms with Gasteiger partial charge in [0.2, 0.25) is 11.7 Å². The van der Waals surface area contributed by atoms with Crippen LogP contribution in [0, 0.1) is 0 Å². The van der Waals surface area contributed by atoms with Gasteiger partial charge in [0.1, 0.15) is 6.54 Å². The van der Waals surface area contributed by atoms with Crippen molar-refractivity contribution >= 4 is 41.5 Å². The lowest BCUT2D eigenvalue weighted by Gasteiger charge is -2.26. The summed E-state index contributed by atoms with van der Waals surface area (Å²) in [6.45, 7) is 8.44. The van der Waals surface area contributed by atoms with Gasteiger partial charge in [-0.2, -0.15) is 4.98 Å². The first-order chi connectivity index (χ1) is 13.2. The van der Waals surface area contributed by atoms with E-state index in [-0.39, 0.29) is 24.0 Å². The Morgan fingerprint density at radius 1 is 1.29 bits per heavy atom. The molecule has 0 spiro atoms. The van der Waals surface area contributed by atoms with Gasteiger partial charge in [-0.1, -0.05) is 28.9 Å². The SMILES string of the molecule is CCNC(=NCc1nc(-c2cccc(Cl)c2)no1)NCCN1CCOCC1.I. The Balaban J connectivity index is 0.00000280. The minimum absolute atomic E-state index is 0. The van der Waals surface area contributed by atoms with Gasteiger partial charge in [0.25, 0.3) is 0 Å². The maximum Gasteiger partial charge on any atom is 0.248 e. The van der Waals surface area contributed by atoms with Crippen molar-refractivity contribution < 1.29 is 9.26 Å². The number of ether oxygens (including phenoxy) is 1. The van der Waals surface area contributed by atoms with E-state index in [2.05, 4.69) is 30.7 Å². The van der Waals surface area contributed by atoms with Crippen molar-refractivity contribution in [3.8, 4) is 11.4 Å². The quantitative estimate of drug-likeness (QED) is 0.329. The molecule has 0 unspecified atom stereocenters. The van der Waals surface area contributed by atoms with Crippen LogP contribution >= 0.6 is 35.6 Å². The van der Waals surface area contributed by atoms with Gasteiger partial charge in [-0.3, -0.25) is 4.90 Å². The molecule has 2 heterocycles. The van der Waals surface area contributed by atoms with E-state index < -0.39 is 0 Å². The second-order valence-electron chi connectivity index (χ2n) is 6.10. The van der Waals surface area contributed by atoms with Crippen molar-refractivity contribution in [2.45, 2.75) is 13.5 Å². The standard InChI is InChI=1S/C18H25ClN6O2.HI/c1-2-20-18(21-6-7-25-8-10-26-11-9-25)22-13-16-23-17(24-27-16)14-4-3-5-15(19)12-14;/h3-5,12H,2,6-11,13H2,1H3,(H2,20,21,22);1H. The lowest BCUT2D eigenvalue weighted by molar-refractivity contribution is 0.0389. The molecule has 0 aliphatic carbocycles. The summed E-state index contributed by atoms with van der Waals surface area (Å²) in [7, 11) is 0. The zero-order chi connectivity index (χ0) is 18.9. The van der Waals surface area contributed by atoms with Gasteiger partial charge in [-0.05, 0) is 19.1 Å². The highest BCUT2D eigenvalue weighted by molar-refractivity contribution is 14.0. The summed E-state index contributed by atoms with van der Waals surface area (Å²) in [5.74, 6) is 1.69. The second-order valence-corrected chi connectivity index (χ2v) is 6.53. The van der Waals surface area contributed by atoms with Crippen LogP contribution in [-0.4, -0.2) is 66.9 Å². The van der Waals surface area contributed by atoms with Gasteiger partial charge in [0.05, 0.1) is 13.2 Å². The molecule has 8 nitrogen and oxygen atoms in total. The summed E-state index contributed by atoms with van der Waals surface area (Å²) in [5, 5.41) is 11.2. The molecular weight excluding hydrogens is 495 g/mol. The van der Waals surface area contributed by atoms with Gasteiger partial charge < -0.3 is 19.9 Å². The number of hydrogen-bond acceptors (Lipinski definition) is 6. The molecule has 0 amide bonds. The second kappa shape index (κ2) is 12.2. The van der Waals surface area contributed by atoms with Crippen LogP contribution in [0.15, 0.2) is 33.8 Å². The molecule has 1 aromatic heterocycles. The maximum atomic E-state index is 6.01. The molecule has 1 aromatic carbocycles. The van der Waals surface area contributed by atoms with Crippen LogP contribution in [0.1, 0.15) is 12.8 Å². The molecule has 0 saturated carbocycles. The van der Waals surface area contributed by atoms with Crippen LogP contribution in [0.25, 0.3) is 11.4 Å². The van der Waals surface area contributed by atoms with E-state index in [9.17, 15) is 0 Å². The average molecular weight is 521 g/mol. The minimum atomic E-state index is 0. The maximum absolute atomic E-state index is 6.01. The first-order valence-electron chi connectivity index (χ1n) is 9.15. The molecule has 1 aliphatic rings. The van der Waals surface area contributed by atoms with Crippen LogP contribution in [0.4, 0.5) is 0 Å². The van der Waals surface area contributed by atoms with E-state index >= 15 is 0 Å². The van der Waals surface area contributed by atoms with Crippen LogP contribution in [0.2, 0.25) is 5.02 Å². The molecule has 3 rings (SSSR count). The molecule has 28 heavy (non-hydrogen) atoms. The number of aromatic nitrogens is 2. The van der Waals surface area contributed by atoms with Crippen molar-refractivity contribution in [3.05, 3.63) is 35.2 Å². The molecule has 1 aliphatic heterocycles. The number of hydrogen-bond donors (Lipinski definition) is 2. The van der Waals surface area contributed by atoms with Crippen molar-refractivity contribution in [1.29, 1.82) is 0 Å². The smallest absolute Gasteiger partial charge is 0.248 e. The van der Waals surface area contributed by atoms with E-state index in [1.807, 2.05) is 25.1 Å². The average Bonchev–Trinajstić information content (AvgIpc) is 3.16. The summed E-state index contributed by atoms with van der Waals surface area (Å²) < 4.78 is 10.7. The van der Waals surface area contributed by atoms with Crippen LogP contribution in [0.3, 0.4) is 0 Å². The third-order valence-electron chi connectivity index (χ3n) is 4.09. The molecule has 154 valence electrons. The Labute approximate surface area is 187 Å². The highest BCUT2D eigenvalue weighted by Gasteiger charge is 2.11. The molecule has 0 atom stereocenters. The number of morpholine rings is 1. The largest absolute Gasteiger partial charge is 0.379 e. The van der Waals surface area contributed by atoms with E-state index in [0.717, 1.165) is 57.5 Å². The molecule has 0 radical (unpaired) electrons. The first-order valence-corrected chi connectivity index (χ1v) is 9.53. The Morgan fingerprint density at radius 2 is 2.11 bits per heavy atom. The van der Waals surface area contributed by atoms with E-state index in [4.69, 9.17) is 20.9 Å². The Bertz CT molecular complexity index is 751. The Hall–Kier alpha value is -1.43. The third-order valence-corrected chi connectivity index (χ3v) is 4.33. The minimum Gasteiger partial charge on any atom is -0.379 e. The number of aliphatic imine (C=N–C) groups is 1. The van der Waals surface area contributed by atoms with Crippen LogP contribution < -0.4 is 10.6 Å². The number of benzene rings is 1. The summed E-state index contributed by atoms with van der Waals surface area (Å²) in [5.41, 5.74) is 0.817. The monoisotopic (exact) mass is 520 g/mol. The first kappa shape index (κ1) is 22.9. The number of halogens is 2. The predicted molar refractivity (Wildman–Crippen MR) is 120 cm³/mol. The lowest BCUT2D eigenvalue weighted by atomic mass is 10.2. The summed E-state index contributed by atoms with van der Waals surface area (Å²) in [6, 6.07) is 7.35. The van der Waals surface area contributed by atoms with Gasteiger partial charge in [-0.15, -0.1) is 24.0 Å². The molecule has 2 N–H and O–H groups in total. The van der Waals surface area contributed by atoms with Gasteiger partial charge in [0.15, 0.2) is 5.96 Å². The molecule has 0 bridgehead atoms. The molecular formula is C18H26ClIN6O2. The zero-order valence-electron chi connectivity index (χ0n) is 15.9. The highest BCUT2D eigenvalue weighted by Crippen LogP contribution is 2.20. The van der Waals surface area contributed by atoms with E-state index in [1.165, 1.54) is 0 Å². The number of nitrogens with zero attached hydrogens (tertiary/aromatic N) is 4. The Kier molecular flexibility index (Phi) is 9.96. The zero-order valence-corrected chi connectivity index (χ0v) is 18.9. The molecule has 1 saturated heterocycles. The predicted octanol–water partition coefficient (Wildman–Crippen LogP) is 2.40. The fourth-order valence-corrected chi connectivity index (χ4v) is 2.90. The lowest BCUT2D eigenvalue weighted by Crippen LogP contribution is -2.44. The van der Waals surface area contributed by atoms with Crippen molar-refractivity contribution in [2.24, 2.45) is 4.99 Å². The highest BCUT2D eigenvalue weighted by atomic mass is 127. The van der Waals surface area contributed by atoms with E-state index in [0.29, 0.717) is 23.3 Å². The molecule has 2 aromatic rings. The summed E-state index contributed by atoms with van der Waals surface area (Å²) in [4.78, 5) is 11.3. The van der Waals surface area contributed by atoms with Crippen molar-refractivity contribution in [1.82, 2.24) is 25.7 Å². The van der Waals surface area contributed by atoms with Crippen LogP contribution in [0.5, 0.6) is 0 Å². The fourth-order valence-electron chi connectivity index (χ4n) is 2.71. The van der Waals surface area contributed by atoms with E-state index in [1.54, 1.807) is 6.07 Å². The Morgan fingerprint density at radius 3 is 2.86 bits per heavy atom. The number of rotatable bonds is 7. The molecule has 1 fully saturated rings. The summed E-state index contributed by atoms with van der Waals surface area (Å²) >= 11 is 6.01. The summed E-state index contributed by atoms with van der Waals surface area (Å²) in [6.07, 6.45) is 0. The molecule has 10 heteroatoms. The van der Waals surface area contributed by atoms with Crippen molar-refractivity contribution in [3.63, 3.8) is 0 Å². The van der Waals surface area contributed by atoms with Crippen LogP contribution in [-0.2, 0) is 11.3 Å². The van der Waals surface area contributed by atoms with Gasteiger partial charge >= 0.3 is 0 Å². The number of nitrogens with one attached hydrogen (secondary N) is 2.